The van der Waals surface area contributed by atoms with E-state index in [0.29, 0.717) is 11.5 Å². The lowest BCUT2D eigenvalue weighted by Gasteiger charge is -2.24. The second-order valence-electron chi connectivity index (χ2n) is 5.08. The molecule has 1 nitrogen and oxygen atoms in total. The van der Waals surface area contributed by atoms with Crippen molar-refractivity contribution in [2.24, 2.45) is 17.1 Å². The molecular weight excluding hydrogens is 134 g/mol. The number of hydrogen-bond donors (Lipinski definition) is 1. The van der Waals surface area contributed by atoms with Crippen LogP contribution in [0, 0.1) is 11.3 Å². The van der Waals surface area contributed by atoms with E-state index in [-0.39, 0.29) is 0 Å². The molecule has 0 bridgehead atoms. The molecule has 0 rings (SSSR count). The standard InChI is InChI=1S/C10H23N/c1-8(6-9(2)11)7-10(3,4)5/h8-9H,6-7,11H2,1-5H3. The molecule has 2 unspecified atom stereocenters. The van der Waals surface area contributed by atoms with Gasteiger partial charge in [-0.2, -0.15) is 0 Å². The minimum atomic E-state index is 0.354. The zero-order valence-corrected chi connectivity index (χ0v) is 8.65. The number of rotatable bonds is 3. The first-order valence-electron chi connectivity index (χ1n) is 4.57. The maximum Gasteiger partial charge on any atom is 0.00130 e. The van der Waals surface area contributed by atoms with Gasteiger partial charge in [0.15, 0.2) is 0 Å². The lowest BCUT2D eigenvalue weighted by atomic mass is 9.83. The number of hydrogen-bond acceptors (Lipinski definition) is 1. The zero-order valence-electron chi connectivity index (χ0n) is 8.65. The highest BCUT2D eigenvalue weighted by Gasteiger charge is 2.15. The summed E-state index contributed by atoms with van der Waals surface area (Å²) in [4.78, 5) is 0. The van der Waals surface area contributed by atoms with Gasteiger partial charge in [-0.05, 0) is 31.1 Å². The zero-order chi connectivity index (χ0) is 9.07. The molecule has 0 amide bonds. The molecule has 0 aliphatic carbocycles. The Morgan fingerprint density at radius 3 is 1.91 bits per heavy atom. The minimum Gasteiger partial charge on any atom is -0.328 e. The molecular formula is C10H23N. The van der Waals surface area contributed by atoms with Crippen molar-refractivity contribution in [1.82, 2.24) is 0 Å². The molecule has 2 atom stereocenters. The van der Waals surface area contributed by atoms with Crippen LogP contribution in [0.5, 0.6) is 0 Å². The summed E-state index contributed by atoms with van der Waals surface area (Å²) in [6, 6.07) is 0.354. The summed E-state index contributed by atoms with van der Waals surface area (Å²) in [5.74, 6) is 0.759. The molecule has 0 aromatic rings. The van der Waals surface area contributed by atoms with Crippen LogP contribution in [0.25, 0.3) is 0 Å². The molecule has 11 heavy (non-hydrogen) atoms. The van der Waals surface area contributed by atoms with E-state index in [1.165, 1.54) is 6.42 Å². The highest BCUT2D eigenvalue weighted by Crippen LogP contribution is 2.26. The summed E-state index contributed by atoms with van der Waals surface area (Å²) in [7, 11) is 0. The Morgan fingerprint density at radius 1 is 1.18 bits per heavy atom. The predicted molar refractivity (Wildman–Crippen MR) is 51.5 cm³/mol. The molecule has 1 heteroatoms. The average molecular weight is 157 g/mol. The van der Waals surface area contributed by atoms with Crippen LogP contribution < -0.4 is 5.73 Å². The molecule has 0 aliphatic heterocycles. The van der Waals surface area contributed by atoms with Crippen molar-refractivity contribution in [2.45, 2.75) is 53.5 Å². The van der Waals surface area contributed by atoms with Crippen LogP contribution in [-0.4, -0.2) is 6.04 Å². The van der Waals surface area contributed by atoms with Crippen LogP contribution in [-0.2, 0) is 0 Å². The van der Waals surface area contributed by atoms with Gasteiger partial charge >= 0.3 is 0 Å². The van der Waals surface area contributed by atoms with Crippen molar-refractivity contribution in [3.8, 4) is 0 Å². The van der Waals surface area contributed by atoms with Crippen molar-refractivity contribution in [2.75, 3.05) is 0 Å². The number of nitrogens with two attached hydrogens (primary N) is 1. The Morgan fingerprint density at radius 2 is 1.64 bits per heavy atom. The van der Waals surface area contributed by atoms with Gasteiger partial charge in [-0.25, -0.2) is 0 Å². The summed E-state index contributed by atoms with van der Waals surface area (Å²) in [6.07, 6.45) is 2.42. The monoisotopic (exact) mass is 157 g/mol. The minimum absolute atomic E-state index is 0.354. The smallest absolute Gasteiger partial charge is 0.00130 e. The first-order chi connectivity index (χ1) is 4.81. The second-order valence-corrected chi connectivity index (χ2v) is 5.08. The van der Waals surface area contributed by atoms with Crippen molar-refractivity contribution in [3.05, 3.63) is 0 Å². The van der Waals surface area contributed by atoms with E-state index in [9.17, 15) is 0 Å². The largest absolute Gasteiger partial charge is 0.328 e. The molecule has 0 saturated heterocycles. The summed E-state index contributed by atoms with van der Waals surface area (Å²) >= 11 is 0. The maximum absolute atomic E-state index is 5.71. The third-order valence-electron chi connectivity index (χ3n) is 1.73. The van der Waals surface area contributed by atoms with Gasteiger partial charge in [0, 0.05) is 6.04 Å². The fourth-order valence-corrected chi connectivity index (χ4v) is 1.76. The lowest BCUT2D eigenvalue weighted by Crippen LogP contribution is -2.21. The quantitative estimate of drug-likeness (QED) is 0.670. The van der Waals surface area contributed by atoms with Crippen LogP contribution in [0.3, 0.4) is 0 Å². The van der Waals surface area contributed by atoms with Gasteiger partial charge in [0.2, 0.25) is 0 Å². The Kier molecular flexibility index (Phi) is 4.09. The van der Waals surface area contributed by atoms with Gasteiger partial charge in [-0.15, -0.1) is 0 Å². The molecule has 0 radical (unpaired) electrons. The highest BCUT2D eigenvalue weighted by molar-refractivity contribution is 4.68. The van der Waals surface area contributed by atoms with E-state index in [1.54, 1.807) is 0 Å². The van der Waals surface area contributed by atoms with E-state index >= 15 is 0 Å². The van der Waals surface area contributed by atoms with Gasteiger partial charge in [0.05, 0.1) is 0 Å². The van der Waals surface area contributed by atoms with Crippen LogP contribution >= 0.6 is 0 Å². The Bertz CT molecular complexity index is 99.9. The van der Waals surface area contributed by atoms with E-state index in [1.807, 2.05) is 0 Å². The van der Waals surface area contributed by atoms with E-state index in [0.717, 1.165) is 12.3 Å². The topological polar surface area (TPSA) is 26.0 Å². The molecule has 0 aliphatic rings. The SMILES string of the molecule is CC(N)CC(C)CC(C)(C)C. The average Bonchev–Trinajstić information content (AvgIpc) is 1.53. The molecule has 2 N–H and O–H groups in total. The first kappa shape index (κ1) is 11.0. The normalized spacial score (nSPS) is 18.0. The fourth-order valence-electron chi connectivity index (χ4n) is 1.76. The molecule has 0 aromatic heterocycles. The summed E-state index contributed by atoms with van der Waals surface area (Å²) in [5, 5.41) is 0. The molecule has 68 valence electrons. The van der Waals surface area contributed by atoms with Gasteiger partial charge < -0.3 is 5.73 Å². The highest BCUT2D eigenvalue weighted by atomic mass is 14.6. The van der Waals surface area contributed by atoms with E-state index < -0.39 is 0 Å². The van der Waals surface area contributed by atoms with Crippen LogP contribution in [0.15, 0.2) is 0 Å². The fraction of sp³-hybridized carbons (Fsp3) is 1.00. The molecule has 0 aromatic carbocycles. The van der Waals surface area contributed by atoms with Gasteiger partial charge in [0.1, 0.15) is 0 Å². The van der Waals surface area contributed by atoms with Crippen LogP contribution in [0.1, 0.15) is 47.5 Å². The van der Waals surface area contributed by atoms with Crippen LogP contribution in [0.4, 0.5) is 0 Å². The van der Waals surface area contributed by atoms with Gasteiger partial charge in [0.25, 0.3) is 0 Å². The molecule has 0 spiro atoms. The third kappa shape index (κ3) is 7.86. The van der Waals surface area contributed by atoms with Crippen molar-refractivity contribution < 1.29 is 0 Å². The Balaban J connectivity index is 3.61. The summed E-state index contributed by atoms with van der Waals surface area (Å²) < 4.78 is 0. The van der Waals surface area contributed by atoms with E-state index in [2.05, 4.69) is 34.6 Å². The first-order valence-corrected chi connectivity index (χ1v) is 4.57. The van der Waals surface area contributed by atoms with Crippen molar-refractivity contribution in [3.63, 3.8) is 0 Å². The molecule has 0 saturated carbocycles. The third-order valence-corrected chi connectivity index (χ3v) is 1.73. The molecule has 0 fully saturated rings. The van der Waals surface area contributed by atoms with Gasteiger partial charge in [-0.1, -0.05) is 27.7 Å². The molecule has 0 heterocycles. The van der Waals surface area contributed by atoms with Gasteiger partial charge in [-0.3, -0.25) is 0 Å². The van der Waals surface area contributed by atoms with E-state index in [4.69, 9.17) is 5.73 Å². The Labute approximate surface area is 71.4 Å². The second kappa shape index (κ2) is 4.10. The maximum atomic E-state index is 5.71. The van der Waals surface area contributed by atoms with Crippen molar-refractivity contribution in [1.29, 1.82) is 0 Å². The van der Waals surface area contributed by atoms with Crippen LogP contribution in [0.2, 0.25) is 0 Å². The summed E-state index contributed by atoms with van der Waals surface area (Å²) in [6.45, 7) is 11.2. The van der Waals surface area contributed by atoms with Crippen molar-refractivity contribution >= 4 is 0 Å². The Hall–Kier alpha value is -0.0400. The predicted octanol–water partition coefficient (Wildman–Crippen LogP) is 2.80. The lowest BCUT2D eigenvalue weighted by molar-refractivity contribution is 0.288. The summed E-state index contributed by atoms with van der Waals surface area (Å²) in [5.41, 5.74) is 6.16.